The van der Waals surface area contributed by atoms with Crippen molar-refractivity contribution in [1.82, 2.24) is 5.32 Å². The molecule has 2 heteroatoms. The number of phenolic OH excluding ortho intramolecular Hbond substituents is 1. The minimum absolute atomic E-state index is 0.344. The summed E-state index contributed by atoms with van der Waals surface area (Å²) in [7, 11) is 1.87. The van der Waals surface area contributed by atoms with E-state index in [1.807, 2.05) is 31.3 Å². The first-order valence-electron chi connectivity index (χ1n) is 5.75. The average molecular weight is 227 g/mol. The van der Waals surface area contributed by atoms with Crippen molar-refractivity contribution in [3.8, 4) is 16.9 Å². The van der Waals surface area contributed by atoms with Gasteiger partial charge in [-0.15, -0.1) is 0 Å². The normalized spacial score (nSPS) is 10.5. The zero-order chi connectivity index (χ0) is 12.3. The van der Waals surface area contributed by atoms with Gasteiger partial charge in [-0.25, -0.2) is 0 Å². The van der Waals surface area contributed by atoms with Crippen LogP contribution in [-0.4, -0.2) is 12.2 Å². The fraction of sp³-hybridized carbons (Fsp3) is 0.200. The van der Waals surface area contributed by atoms with Gasteiger partial charge in [-0.1, -0.05) is 30.3 Å². The van der Waals surface area contributed by atoms with Gasteiger partial charge in [-0.2, -0.15) is 0 Å². The molecule has 0 amide bonds. The Balaban J connectivity index is 2.46. The molecular weight excluding hydrogens is 210 g/mol. The van der Waals surface area contributed by atoms with E-state index < -0.39 is 0 Å². The smallest absolute Gasteiger partial charge is 0.120 e. The number of hydrogen-bond donors (Lipinski definition) is 2. The molecule has 0 aromatic heterocycles. The van der Waals surface area contributed by atoms with E-state index in [1.54, 1.807) is 6.07 Å². The van der Waals surface area contributed by atoms with E-state index in [9.17, 15) is 5.11 Å². The maximum Gasteiger partial charge on any atom is 0.120 e. The largest absolute Gasteiger partial charge is 0.508 e. The van der Waals surface area contributed by atoms with Crippen molar-refractivity contribution < 1.29 is 5.11 Å². The molecule has 2 rings (SSSR count). The molecule has 0 spiro atoms. The zero-order valence-electron chi connectivity index (χ0n) is 10.2. The van der Waals surface area contributed by atoms with Gasteiger partial charge < -0.3 is 10.4 Å². The molecule has 0 saturated carbocycles. The third-order valence-corrected chi connectivity index (χ3v) is 2.90. The number of rotatable bonds is 3. The Morgan fingerprint density at radius 3 is 2.59 bits per heavy atom. The van der Waals surface area contributed by atoms with Crippen LogP contribution in [0, 0.1) is 6.92 Å². The van der Waals surface area contributed by atoms with Gasteiger partial charge in [0.25, 0.3) is 0 Å². The summed E-state index contributed by atoms with van der Waals surface area (Å²) in [6.45, 7) is 2.77. The van der Waals surface area contributed by atoms with E-state index >= 15 is 0 Å². The topological polar surface area (TPSA) is 32.3 Å². The van der Waals surface area contributed by atoms with E-state index in [0.29, 0.717) is 12.3 Å². The summed E-state index contributed by atoms with van der Waals surface area (Å²) in [4.78, 5) is 0. The molecule has 17 heavy (non-hydrogen) atoms. The minimum Gasteiger partial charge on any atom is -0.508 e. The predicted molar refractivity (Wildman–Crippen MR) is 71.0 cm³/mol. The Bertz CT molecular complexity index is 520. The summed E-state index contributed by atoms with van der Waals surface area (Å²) in [6.07, 6.45) is 0. The highest BCUT2D eigenvalue weighted by molar-refractivity contribution is 5.68. The Morgan fingerprint density at radius 1 is 1.12 bits per heavy atom. The Hall–Kier alpha value is -1.80. The van der Waals surface area contributed by atoms with Gasteiger partial charge in [0.1, 0.15) is 5.75 Å². The van der Waals surface area contributed by atoms with Crippen LogP contribution < -0.4 is 5.32 Å². The third kappa shape index (κ3) is 2.48. The maximum absolute atomic E-state index is 9.74. The van der Waals surface area contributed by atoms with E-state index in [-0.39, 0.29) is 0 Å². The second kappa shape index (κ2) is 5.02. The summed E-state index contributed by atoms with van der Waals surface area (Å²) >= 11 is 0. The minimum atomic E-state index is 0.344. The highest BCUT2D eigenvalue weighted by Gasteiger charge is 2.05. The summed E-state index contributed by atoms with van der Waals surface area (Å²) < 4.78 is 0. The maximum atomic E-state index is 9.74. The summed E-state index contributed by atoms with van der Waals surface area (Å²) in [5.74, 6) is 0.344. The van der Waals surface area contributed by atoms with Gasteiger partial charge in [0.05, 0.1) is 0 Å². The van der Waals surface area contributed by atoms with Crippen molar-refractivity contribution in [1.29, 1.82) is 0 Å². The molecule has 88 valence electrons. The standard InChI is InChI=1S/C15H17NO/c1-11-5-3-4-6-14(11)12-7-8-15(17)13(9-12)10-16-2/h3-9,16-17H,10H2,1-2H3. The van der Waals surface area contributed by atoms with Gasteiger partial charge in [-0.3, -0.25) is 0 Å². The van der Waals surface area contributed by atoms with Gasteiger partial charge in [0.2, 0.25) is 0 Å². The molecule has 0 aliphatic carbocycles. The van der Waals surface area contributed by atoms with Crippen molar-refractivity contribution >= 4 is 0 Å². The highest BCUT2D eigenvalue weighted by atomic mass is 16.3. The molecule has 0 fully saturated rings. The van der Waals surface area contributed by atoms with Gasteiger partial charge >= 0.3 is 0 Å². The molecule has 2 aromatic rings. The Labute approximate surface area is 102 Å². The average Bonchev–Trinajstić information content (AvgIpc) is 2.33. The molecule has 0 unspecified atom stereocenters. The lowest BCUT2D eigenvalue weighted by Gasteiger charge is -2.09. The van der Waals surface area contributed by atoms with Crippen LogP contribution >= 0.6 is 0 Å². The quantitative estimate of drug-likeness (QED) is 0.844. The van der Waals surface area contributed by atoms with Crippen LogP contribution in [0.25, 0.3) is 11.1 Å². The van der Waals surface area contributed by atoms with E-state index in [0.717, 1.165) is 11.1 Å². The monoisotopic (exact) mass is 227 g/mol. The van der Waals surface area contributed by atoms with E-state index in [1.165, 1.54) is 11.1 Å². The van der Waals surface area contributed by atoms with Crippen LogP contribution in [-0.2, 0) is 6.54 Å². The Morgan fingerprint density at radius 2 is 1.88 bits per heavy atom. The number of hydrogen-bond acceptors (Lipinski definition) is 2. The molecule has 0 aliphatic heterocycles. The first kappa shape index (κ1) is 11.7. The van der Waals surface area contributed by atoms with Crippen LogP contribution in [0.2, 0.25) is 0 Å². The molecule has 2 N–H and O–H groups in total. The van der Waals surface area contributed by atoms with Crippen LogP contribution in [0.4, 0.5) is 0 Å². The molecule has 2 aromatic carbocycles. The summed E-state index contributed by atoms with van der Waals surface area (Å²) in [5.41, 5.74) is 4.53. The summed E-state index contributed by atoms with van der Waals surface area (Å²) in [5, 5.41) is 12.8. The fourth-order valence-corrected chi connectivity index (χ4v) is 1.98. The molecule has 0 radical (unpaired) electrons. The molecule has 0 atom stereocenters. The van der Waals surface area contributed by atoms with Crippen LogP contribution in [0.5, 0.6) is 5.75 Å². The van der Waals surface area contributed by atoms with Crippen LogP contribution in [0.1, 0.15) is 11.1 Å². The Kier molecular flexibility index (Phi) is 3.45. The molecule has 0 heterocycles. The van der Waals surface area contributed by atoms with Gasteiger partial charge in [-0.05, 0) is 42.8 Å². The SMILES string of the molecule is CNCc1cc(-c2ccccc2C)ccc1O. The van der Waals surface area contributed by atoms with Crippen molar-refractivity contribution in [2.75, 3.05) is 7.05 Å². The third-order valence-electron chi connectivity index (χ3n) is 2.90. The lowest BCUT2D eigenvalue weighted by molar-refractivity contribution is 0.466. The predicted octanol–water partition coefficient (Wildman–Crippen LogP) is 3.09. The summed E-state index contributed by atoms with van der Waals surface area (Å²) in [6, 6.07) is 14.0. The lowest BCUT2D eigenvalue weighted by atomic mass is 9.98. The van der Waals surface area contributed by atoms with E-state index in [2.05, 4.69) is 24.4 Å². The number of aromatic hydroxyl groups is 1. The zero-order valence-corrected chi connectivity index (χ0v) is 10.2. The van der Waals surface area contributed by atoms with Gasteiger partial charge in [0.15, 0.2) is 0 Å². The molecule has 0 aliphatic rings. The first-order valence-corrected chi connectivity index (χ1v) is 5.75. The second-order valence-electron chi connectivity index (χ2n) is 4.19. The highest BCUT2D eigenvalue weighted by Crippen LogP contribution is 2.27. The van der Waals surface area contributed by atoms with Crippen LogP contribution in [0.15, 0.2) is 42.5 Å². The number of benzene rings is 2. The first-order chi connectivity index (χ1) is 8.22. The molecule has 0 saturated heterocycles. The van der Waals surface area contributed by atoms with Crippen molar-refractivity contribution in [2.24, 2.45) is 0 Å². The van der Waals surface area contributed by atoms with Crippen molar-refractivity contribution in [3.63, 3.8) is 0 Å². The van der Waals surface area contributed by atoms with Crippen molar-refractivity contribution in [3.05, 3.63) is 53.6 Å². The number of aryl methyl sites for hydroxylation is 1. The van der Waals surface area contributed by atoms with Crippen LogP contribution in [0.3, 0.4) is 0 Å². The molecule has 2 nitrogen and oxygen atoms in total. The number of nitrogens with one attached hydrogen (secondary N) is 1. The molecular formula is C15H17NO. The second-order valence-corrected chi connectivity index (χ2v) is 4.19. The molecule has 0 bridgehead atoms. The van der Waals surface area contributed by atoms with Gasteiger partial charge in [0, 0.05) is 12.1 Å². The van der Waals surface area contributed by atoms with Crippen molar-refractivity contribution in [2.45, 2.75) is 13.5 Å². The lowest BCUT2D eigenvalue weighted by Crippen LogP contribution is -2.05. The fourth-order valence-electron chi connectivity index (χ4n) is 1.98. The number of phenols is 1. The van der Waals surface area contributed by atoms with E-state index in [4.69, 9.17) is 0 Å².